The lowest BCUT2D eigenvalue weighted by molar-refractivity contribution is -0.117. The number of carbonyl (C=O) groups is 1. The summed E-state index contributed by atoms with van der Waals surface area (Å²) in [5.41, 5.74) is 9.17. The van der Waals surface area contributed by atoms with E-state index in [9.17, 15) is 4.79 Å². The van der Waals surface area contributed by atoms with Crippen LogP contribution in [0, 0.1) is 0 Å². The van der Waals surface area contributed by atoms with Gasteiger partial charge in [-0.25, -0.2) is 4.98 Å². The van der Waals surface area contributed by atoms with E-state index in [0.29, 0.717) is 12.1 Å². The molecule has 1 atom stereocenters. The van der Waals surface area contributed by atoms with E-state index in [4.69, 9.17) is 5.73 Å². The van der Waals surface area contributed by atoms with E-state index >= 15 is 0 Å². The number of aromatic amines is 1. The quantitative estimate of drug-likeness (QED) is 0.616. The smallest absolute Gasteiger partial charge is 0.241 e. The minimum atomic E-state index is -0.681. The van der Waals surface area contributed by atoms with Crippen LogP contribution in [0.15, 0.2) is 55.5 Å². The molecule has 7 nitrogen and oxygen atoms in total. The Hall–Kier alpha value is -3.03. The molecule has 0 saturated heterocycles. The highest BCUT2D eigenvalue weighted by Gasteiger charge is 2.15. The van der Waals surface area contributed by atoms with Crippen molar-refractivity contribution in [3.63, 3.8) is 0 Å². The van der Waals surface area contributed by atoms with Gasteiger partial charge >= 0.3 is 0 Å². The molecule has 0 bridgehead atoms. The predicted octanol–water partition coefficient (Wildman–Crippen LogP) is 2.30. The molecule has 1 amide bonds. The van der Waals surface area contributed by atoms with Crippen LogP contribution in [0.25, 0.3) is 12.2 Å². The van der Waals surface area contributed by atoms with Gasteiger partial charge in [0.2, 0.25) is 5.91 Å². The fourth-order valence-corrected chi connectivity index (χ4v) is 2.24. The van der Waals surface area contributed by atoms with Gasteiger partial charge in [0.05, 0.1) is 29.9 Å². The minimum absolute atomic E-state index is 0. The molecular formula is C18H19ClN6O. The van der Waals surface area contributed by atoms with E-state index in [0.717, 1.165) is 16.8 Å². The van der Waals surface area contributed by atoms with Crippen molar-refractivity contribution in [2.75, 3.05) is 5.32 Å². The Kier molecular flexibility index (Phi) is 7.02. The highest BCUT2D eigenvalue weighted by atomic mass is 35.5. The molecule has 0 aromatic carbocycles. The maximum absolute atomic E-state index is 12.2. The van der Waals surface area contributed by atoms with Crippen molar-refractivity contribution in [1.29, 1.82) is 0 Å². The third-order valence-electron chi connectivity index (χ3n) is 3.52. The molecule has 0 aliphatic carbocycles. The van der Waals surface area contributed by atoms with Crippen LogP contribution in [-0.2, 0) is 11.2 Å². The van der Waals surface area contributed by atoms with Crippen LogP contribution in [0.1, 0.15) is 16.8 Å². The molecule has 0 spiro atoms. The number of carbonyl (C=O) groups excluding carboxylic acids is 1. The fraction of sp³-hybridized carbons (Fsp3) is 0.111. The monoisotopic (exact) mass is 370 g/mol. The number of hydrogen-bond acceptors (Lipinski definition) is 5. The van der Waals surface area contributed by atoms with E-state index in [1.807, 2.05) is 30.4 Å². The molecule has 4 N–H and O–H groups in total. The maximum atomic E-state index is 12.2. The average molecular weight is 371 g/mol. The number of rotatable bonds is 6. The molecule has 3 aromatic rings. The second-order valence-corrected chi connectivity index (χ2v) is 5.48. The van der Waals surface area contributed by atoms with Crippen LogP contribution in [0.3, 0.4) is 0 Å². The Morgan fingerprint density at radius 3 is 2.69 bits per heavy atom. The first-order chi connectivity index (χ1) is 12.2. The molecule has 134 valence electrons. The van der Waals surface area contributed by atoms with Crippen molar-refractivity contribution in [3.8, 4) is 0 Å². The third kappa shape index (κ3) is 5.51. The number of amides is 1. The van der Waals surface area contributed by atoms with Crippen molar-refractivity contribution in [2.24, 2.45) is 5.73 Å². The Morgan fingerprint density at radius 1 is 1.19 bits per heavy atom. The zero-order chi connectivity index (χ0) is 17.5. The number of hydrogen-bond donors (Lipinski definition) is 3. The molecule has 26 heavy (non-hydrogen) atoms. The second kappa shape index (κ2) is 9.45. The normalized spacial score (nSPS) is 11.7. The van der Waals surface area contributed by atoms with Crippen molar-refractivity contribution in [3.05, 3.63) is 72.3 Å². The number of imidazole rings is 1. The molecule has 8 heteroatoms. The number of aromatic nitrogens is 4. The number of nitrogens with zero attached hydrogens (tertiary/aromatic N) is 3. The van der Waals surface area contributed by atoms with Crippen LogP contribution in [-0.4, -0.2) is 31.9 Å². The summed E-state index contributed by atoms with van der Waals surface area (Å²) in [7, 11) is 0. The highest BCUT2D eigenvalue weighted by Crippen LogP contribution is 2.12. The van der Waals surface area contributed by atoms with E-state index in [-0.39, 0.29) is 18.3 Å². The van der Waals surface area contributed by atoms with E-state index in [2.05, 4.69) is 25.3 Å². The van der Waals surface area contributed by atoms with Crippen LogP contribution >= 0.6 is 12.4 Å². The van der Waals surface area contributed by atoms with Gasteiger partial charge in [-0.3, -0.25) is 14.8 Å². The van der Waals surface area contributed by atoms with Gasteiger partial charge in [0.15, 0.2) is 0 Å². The van der Waals surface area contributed by atoms with Crippen molar-refractivity contribution >= 4 is 36.2 Å². The second-order valence-electron chi connectivity index (χ2n) is 5.48. The first-order valence-electron chi connectivity index (χ1n) is 7.78. The molecule has 3 heterocycles. The summed E-state index contributed by atoms with van der Waals surface area (Å²) < 4.78 is 0. The third-order valence-corrected chi connectivity index (χ3v) is 3.52. The fourth-order valence-electron chi connectivity index (χ4n) is 2.24. The van der Waals surface area contributed by atoms with Gasteiger partial charge in [0.25, 0.3) is 0 Å². The summed E-state index contributed by atoms with van der Waals surface area (Å²) in [6.07, 6.45) is 14.3. The molecule has 0 aliphatic rings. The summed E-state index contributed by atoms with van der Waals surface area (Å²) >= 11 is 0. The number of H-pyrrole nitrogens is 1. The summed E-state index contributed by atoms with van der Waals surface area (Å²) in [6.45, 7) is 0. The van der Waals surface area contributed by atoms with E-state index in [1.165, 1.54) is 0 Å². The topological polar surface area (TPSA) is 110 Å². The molecular weight excluding hydrogens is 352 g/mol. The Morgan fingerprint density at radius 2 is 1.96 bits per heavy atom. The molecule has 0 fully saturated rings. The van der Waals surface area contributed by atoms with Gasteiger partial charge < -0.3 is 16.0 Å². The zero-order valence-corrected chi connectivity index (χ0v) is 14.7. The van der Waals surface area contributed by atoms with Crippen molar-refractivity contribution in [2.45, 2.75) is 12.5 Å². The van der Waals surface area contributed by atoms with E-state index in [1.54, 1.807) is 37.3 Å². The summed E-state index contributed by atoms with van der Waals surface area (Å²) in [5, 5.41) is 2.78. The maximum Gasteiger partial charge on any atom is 0.241 e. The average Bonchev–Trinajstić information content (AvgIpc) is 3.14. The summed E-state index contributed by atoms with van der Waals surface area (Å²) in [4.78, 5) is 27.2. The number of nitrogens with one attached hydrogen (secondary N) is 2. The van der Waals surface area contributed by atoms with Crippen LogP contribution in [0.2, 0.25) is 0 Å². The Labute approximate surface area is 157 Å². The van der Waals surface area contributed by atoms with Gasteiger partial charge in [0.1, 0.15) is 0 Å². The summed E-state index contributed by atoms with van der Waals surface area (Å²) in [6, 6.07) is 4.97. The van der Waals surface area contributed by atoms with Gasteiger partial charge in [-0.1, -0.05) is 12.2 Å². The predicted molar refractivity (Wildman–Crippen MR) is 104 cm³/mol. The first kappa shape index (κ1) is 19.3. The number of anilines is 1. The minimum Gasteiger partial charge on any atom is -0.351 e. The van der Waals surface area contributed by atoms with Gasteiger partial charge in [-0.15, -0.1) is 12.4 Å². The van der Waals surface area contributed by atoms with E-state index < -0.39 is 6.04 Å². The number of pyridine rings is 2. The van der Waals surface area contributed by atoms with Crippen molar-refractivity contribution in [1.82, 2.24) is 19.9 Å². The molecule has 3 aromatic heterocycles. The Balaban J connectivity index is 0.00000243. The SMILES string of the molecule is Cl.N[C@@H](Cc1c[nH]cn1)C(=O)Nc1cncc(/C=C/c2ccncc2)c1. The Bertz CT molecular complexity index is 851. The molecule has 0 radical (unpaired) electrons. The molecule has 3 rings (SSSR count). The molecule has 0 aliphatic heterocycles. The zero-order valence-electron chi connectivity index (χ0n) is 13.9. The summed E-state index contributed by atoms with van der Waals surface area (Å²) in [5.74, 6) is -0.278. The van der Waals surface area contributed by atoms with Gasteiger partial charge in [0, 0.05) is 31.2 Å². The van der Waals surface area contributed by atoms with Gasteiger partial charge in [-0.05, 0) is 29.3 Å². The lowest BCUT2D eigenvalue weighted by Crippen LogP contribution is -2.37. The highest BCUT2D eigenvalue weighted by molar-refractivity contribution is 5.95. The molecule has 0 saturated carbocycles. The lowest BCUT2D eigenvalue weighted by atomic mass is 10.1. The van der Waals surface area contributed by atoms with Crippen LogP contribution < -0.4 is 11.1 Å². The number of halogens is 1. The standard InChI is InChI=1S/C18H18N6O.ClH/c19-17(8-15-10-22-12-23-15)18(25)24-16-7-14(9-21-11-16)2-1-13-3-5-20-6-4-13;/h1-7,9-12,17H,8,19H2,(H,22,23)(H,24,25);1H/b2-1+;/t17-;/m0./s1. The van der Waals surface area contributed by atoms with Crippen LogP contribution in [0.4, 0.5) is 5.69 Å². The molecule has 0 unspecified atom stereocenters. The first-order valence-corrected chi connectivity index (χ1v) is 7.78. The van der Waals surface area contributed by atoms with Gasteiger partial charge in [-0.2, -0.15) is 0 Å². The number of nitrogens with two attached hydrogens (primary N) is 1. The largest absolute Gasteiger partial charge is 0.351 e. The lowest BCUT2D eigenvalue weighted by Gasteiger charge is -2.11. The van der Waals surface area contributed by atoms with Crippen LogP contribution in [0.5, 0.6) is 0 Å². The van der Waals surface area contributed by atoms with Crippen molar-refractivity contribution < 1.29 is 4.79 Å².